The van der Waals surface area contributed by atoms with E-state index >= 15 is 0 Å². The Bertz CT molecular complexity index is 619. The fourth-order valence-electron chi connectivity index (χ4n) is 1.91. The first kappa shape index (κ1) is 12.7. The van der Waals surface area contributed by atoms with Gasteiger partial charge in [0, 0.05) is 22.2 Å². The first-order valence-corrected chi connectivity index (χ1v) is 6.14. The van der Waals surface area contributed by atoms with Crippen molar-refractivity contribution >= 4 is 32.4 Å². The molecule has 18 heavy (non-hydrogen) atoms. The van der Waals surface area contributed by atoms with E-state index in [9.17, 15) is 9.90 Å². The van der Waals surface area contributed by atoms with Gasteiger partial charge in [-0.1, -0.05) is 0 Å². The molecule has 96 valence electrons. The van der Waals surface area contributed by atoms with E-state index in [1.54, 1.807) is 6.07 Å². The summed E-state index contributed by atoms with van der Waals surface area (Å²) in [6.45, 7) is 0.530. The molecule has 2 rings (SSSR count). The van der Waals surface area contributed by atoms with Crippen LogP contribution in [0.2, 0.25) is 0 Å². The number of nitrogens with zero attached hydrogens (tertiary/aromatic N) is 1. The number of phenols is 1. The molecule has 1 aromatic carbocycles. The fraction of sp³-hybridized carbons (Fsp3) is 0.250. The molecular weight excluding hydrogens is 252 g/mol. The number of carboxylic acids is 1. The van der Waals surface area contributed by atoms with Crippen molar-refractivity contribution in [2.24, 2.45) is 0 Å². The number of phenolic OH excluding ortho intramolecular Hbond substituents is 1. The second kappa shape index (κ2) is 4.47. The lowest BCUT2D eigenvalue weighted by Gasteiger charge is -2.12. The number of carboxylic acid groups (broad SMARTS) is 1. The first-order chi connectivity index (χ1) is 8.41. The molecule has 0 atom stereocenters. The topological polar surface area (TPSA) is 86.8 Å². The van der Waals surface area contributed by atoms with Crippen molar-refractivity contribution in [2.45, 2.75) is 6.54 Å². The average Bonchev–Trinajstić information content (AvgIpc) is 2.58. The Morgan fingerprint density at radius 2 is 2.11 bits per heavy atom. The third-order valence-electron chi connectivity index (χ3n) is 2.65. The van der Waals surface area contributed by atoms with Crippen molar-refractivity contribution < 1.29 is 15.0 Å². The van der Waals surface area contributed by atoms with Crippen LogP contribution < -0.4 is 5.73 Å². The van der Waals surface area contributed by atoms with Crippen LogP contribution in [0.25, 0.3) is 10.1 Å². The lowest BCUT2D eigenvalue weighted by atomic mass is 10.1. The number of hydrogen-bond acceptors (Lipinski definition) is 5. The molecular formula is C12H14N2O3S. The van der Waals surface area contributed by atoms with E-state index in [1.165, 1.54) is 17.4 Å². The molecule has 4 N–H and O–H groups in total. The van der Waals surface area contributed by atoms with Crippen LogP contribution in [-0.2, 0) is 6.54 Å². The fourth-order valence-corrected chi connectivity index (χ4v) is 3.01. The van der Waals surface area contributed by atoms with Gasteiger partial charge in [-0.15, -0.1) is 11.3 Å². The molecule has 0 aliphatic carbocycles. The van der Waals surface area contributed by atoms with Crippen LogP contribution in [0.4, 0.5) is 5.00 Å². The second-order valence-electron chi connectivity index (χ2n) is 4.32. The zero-order chi connectivity index (χ0) is 13.4. The number of rotatable bonds is 3. The van der Waals surface area contributed by atoms with Crippen molar-refractivity contribution in [1.82, 2.24) is 4.90 Å². The molecule has 1 heterocycles. The number of benzene rings is 1. The summed E-state index contributed by atoms with van der Waals surface area (Å²) in [5, 5.41) is 19.9. The van der Waals surface area contributed by atoms with E-state index in [2.05, 4.69) is 0 Å². The molecule has 0 aliphatic heterocycles. The Morgan fingerprint density at radius 1 is 1.44 bits per heavy atom. The van der Waals surface area contributed by atoms with Gasteiger partial charge in [-0.05, 0) is 26.2 Å². The summed E-state index contributed by atoms with van der Waals surface area (Å²) >= 11 is 1.20. The summed E-state index contributed by atoms with van der Waals surface area (Å²) in [6, 6.07) is 3.11. The number of hydrogen-bond donors (Lipinski definition) is 3. The predicted octanol–water partition coefficient (Wildman–Crippen LogP) is 1.95. The summed E-state index contributed by atoms with van der Waals surface area (Å²) in [5.74, 6) is -0.880. The van der Waals surface area contributed by atoms with Crippen molar-refractivity contribution in [3.8, 4) is 5.75 Å². The summed E-state index contributed by atoms with van der Waals surface area (Å²) in [5.41, 5.74) is 6.58. The number of aromatic carboxylic acids is 1. The van der Waals surface area contributed by atoms with E-state index in [0.717, 1.165) is 4.70 Å². The molecule has 0 fully saturated rings. The van der Waals surface area contributed by atoms with Gasteiger partial charge in [0.15, 0.2) is 0 Å². The maximum Gasteiger partial charge on any atom is 0.339 e. The summed E-state index contributed by atoms with van der Waals surface area (Å²) in [6.07, 6.45) is 0. The quantitative estimate of drug-likeness (QED) is 0.790. The summed E-state index contributed by atoms with van der Waals surface area (Å²) in [7, 11) is 3.76. The predicted molar refractivity (Wildman–Crippen MR) is 72.3 cm³/mol. The Kier molecular flexibility index (Phi) is 3.14. The van der Waals surface area contributed by atoms with Gasteiger partial charge in [0.25, 0.3) is 0 Å². The zero-order valence-corrected chi connectivity index (χ0v) is 10.9. The van der Waals surface area contributed by atoms with Crippen molar-refractivity contribution in [3.05, 3.63) is 23.3 Å². The molecule has 5 nitrogen and oxygen atoms in total. The van der Waals surface area contributed by atoms with Crippen molar-refractivity contribution in [3.63, 3.8) is 0 Å². The molecule has 0 amide bonds. The van der Waals surface area contributed by atoms with E-state index in [1.807, 2.05) is 19.0 Å². The monoisotopic (exact) mass is 266 g/mol. The number of nitrogens with two attached hydrogens (primary N) is 1. The second-order valence-corrected chi connectivity index (χ2v) is 5.38. The van der Waals surface area contributed by atoms with E-state index in [-0.39, 0.29) is 16.3 Å². The highest BCUT2D eigenvalue weighted by molar-refractivity contribution is 7.23. The first-order valence-electron chi connectivity index (χ1n) is 5.32. The molecule has 2 aromatic rings. The molecule has 0 bridgehead atoms. The Balaban J connectivity index is 2.74. The Hall–Kier alpha value is -1.79. The van der Waals surface area contributed by atoms with Gasteiger partial charge < -0.3 is 20.8 Å². The summed E-state index contributed by atoms with van der Waals surface area (Å²) in [4.78, 5) is 13.1. The highest BCUT2D eigenvalue weighted by Gasteiger charge is 2.20. The number of carbonyl (C=O) groups is 1. The minimum atomic E-state index is -1.04. The van der Waals surface area contributed by atoms with Crippen molar-refractivity contribution in [1.29, 1.82) is 0 Å². The van der Waals surface area contributed by atoms with E-state index in [4.69, 9.17) is 10.8 Å². The molecule has 1 aromatic heterocycles. The lowest BCUT2D eigenvalue weighted by molar-refractivity contribution is 0.0700. The molecule has 6 heteroatoms. The van der Waals surface area contributed by atoms with Crippen molar-refractivity contribution in [2.75, 3.05) is 19.8 Å². The average molecular weight is 266 g/mol. The van der Waals surface area contributed by atoms with Gasteiger partial charge in [-0.2, -0.15) is 0 Å². The lowest BCUT2D eigenvalue weighted by Crippen LogP contribution is -2.10. The van der Waals surface area contributed by atoms with Crippen LogP contribution >= 0.6 is 11.3 Å². The van der Waals surface area contributed by atoms with Crippen LogP contribution in [0, 0.1) is 0 Å². The van der Waals surface area contributed by atoms with Crippen LogP contribution in [0.3, 0.4) is 0 Å². The largest absolute Gasteiger partial charge is 0.508 e. The van der Waals surface area contributed by atoms with Gasteiger partial charge in [-0.3, -0.25) is 0 Å². The van der Waals surface area contributed by atoms with Gasteiger partial charge in [-0.25, -0.2) is 4.79 Å². The SMILES string of the molecule is CN(C)Cc1c(O)ccc2c(C(=O)O)c(N)sc12. The maximum atomic E-state index is 11.2. The highest BCUT2D eigenvalue weighted by atomic mass is 32.1. The molecule has 0 saturated carbocycles. The molecule has 0 spiro atoms. The number of nitrogen functional groups attached to an aromatic ring is 1. The number of fused-ring (bicyclic) bond motifs is 1. The summed E-state index contributed by atoms with van der Waals surface area (Å²) < 4.78 is 0.735. The molecule has 0 radical (unpaired) electrons. The highest BCUT2D eigenvalue weighted by Crippen LogP contribution is 2.39. The number of thiophene rings is 1. The van der Waals surface area contributed by atoms with Gasteiger partial charge >= 0.3 is 5.97 Å². The van der Waals surface area contributed by atoms with Gasteiger partial charge in [0.1, 0.15) is 16.3 Å². The number of aromatic hydroxyl groups is 1. The molecule has 0 unspecified atom stereocenters. The third-order valence-corrected chi connectivity index (χ3v) is 3.75. The van der Waals surface area contributed by atoms with Gasteiger partial charge in [0.05, 0.1) is 0 Å². The minimum Gasteiger partial charge on any atom is -0.508 e. The number of anilines is 1. The smallest absolute Gasteiger partial charge is 0.339 e. The van der Waals surface area contributed by atoms with Crippen LogP contribution in [0.5, 0.6) is 5.75 Å². The maximum absolute atomic E-state index is 11.2. The van der Waals surface area contributed by atoms with Crippen LogP contribution in [0.1, 0.15) is 15.9 Å². The Morgan fingerprint density at radius 3 is 2.67 bits per heavy atom. The van der Waals surface area contributed by atoms with E-state index < -0.39 is 5.97 Å². The molecule has 0 saturated heterocycles. The van der Waals surface area contributed by atoms with Crippen LogP contribution in [0.15, 0.2) is 12.1 Å². The standard InChI is InChI=1S/C12H14N2O3S/c1-14(2)5-7-8(15)4-3-6-9(12(16)17)11(13)18-10(6)7/h3-4,15H,5,13H2,1-2H3,(H,16,17). The van der Waals surface area contributed by atoms with Gasteiger partial charge in [0.2, 0.25) is 0 Å². The third kappa shape index (κ3) is 2.00. The van der Waals surface area contributed by atoms with Crippen LogP contribution in [-0.4, -0.2) is 35.2 Å². The minimum absolute atomic E-state index is 0.120. The normalized spacial score (nSPS) is 11.3. The zero-order valence-electron chi connectivity index (χ0n) is 10.1. The Labute approximate surface area is 108 Å². The van der Waals surface area contributed by atoms with E-state index in [0.29, 0.717) is 17.5 Å². The molecule has 0 aliphatic rings.